The molecule has 0 radical (unpaired) electrons. The van der Waals surface area contributed by atoms with Crippen molar-refractivity contribution in [1.82, 2.24) is 5.32 Å². The van der Waals surface area contributed by atoms with Crippen LogP contribution < -0.4 is 11.1 Å². The van der Waals surface area contributed by atoms with Crippen LogP contribution >= 0.6 is 0 Å². The van der Waals surface area contributed by atoms with Crippen molar-refractivity contribution in [3.63, 3.8) is 0 Å². The van der Waals surface area contributed by atoms with E-state index in [9.17, 15) is 4.79 Å². The Bertz CT molecular complexity index is 210. The van der Waals surface area contributed by atoms with Gasteiger partial charge in [0.2, 0.25) is 5.91 Å². The smallest absolute Gasteiger partial charge is 0.220 e. The van der Waals surface area contributed by atoms with Crippen LogP contribution in [0.1, 0.15) is 46.0 Å². The van der Waals surface area contributed by atoms with Crippen molar-refractivity contribution in [2.24, 2.45) is 17.1 Å². The maximum atomic E-state index is 11.6. The number of rotatable bonds is 6. The van der Waals surface area contributed by atoms with Gasteiger partial charge in [-0.1, -0.05) is 20.3 Å². The lowest BCUT2D eigenvalue weighted by molar-refractivity contribution is -0.123. The highest BCUT2D eigenvalue weighted by molar-refractivity contribution is 5.76. The summed E-state index contributed by atoms with van der Waals surface area (Å²) in [5.74, 6) is 0.868. The average molecular weight is 212 g/mol. The van der Waals surface area contributed by atoms with Gasteiger partial charge in [-0.05, 0) is 37.1 Å². The summed E-state index contributed by atoms with van der Waals surface area (Å²) < 4.78 is 0. The van der Waals surface area contributed by atoms with Gasteiger partial charge in [0, 0.05) is 13.0 Å². The Morgan fingerprint density at radius 1 is 1.47 bits per heavy atom. The maximum absolute atomic E-state index is 11.6. The van der Waals surface area contributed by atoms with E-state index in [2.05, 4.69) is 19.2 Å². The van der Waals surface area contributed by atoms with Gasteiger partial charge in [0.1, 0.15) is 0 Å². The molecule has 0 atom stereocenters. The Morgan fingerprint density at radius 3 is 2.60 bits per heavy atom. The quantitative estimate of drug-likeness (QED) is 0.703. The van der Waals surface area contributed by atoms with Crippen LogP contribution in [0.15, 0.2) is 0 Å². The van der Waals surface area contributed by atoms with Crippen molar-refractivity contribution in [1.29, 1.82) is 0 Å². The topological polar surface area (TPSA) is 55.1 Å². The summed E-state index contributed by atoms with van der Waals surface area (Å²) in [5, 5.41) is 3.01. The molecule has 1 saturated carbocycles. The molecule has 0 heterocycles. The van der Waals surface area contributed by atoms with E-state index in [-0.39, 0.29) is 11.3 Å². The van der Waals surface area contributed by atoms with Crippen LogP contribution in [0.5, 0.6) is 0 Å². The van der Waals surface area contributed by atoms with Gasteiger partial charge in [-0.3, -0.25) is 4.79 Å². The lowest BCUT2D eigenvalue weighted by Gasteiger charge is -2.27. The first kappa shape index (κ1) is 12.5. The number of carbonyl (C=O) groups is 1. The summed E-state index contributed by atoms with van der Waals surface area (Å²) in [6, 6.07) is 0. The highest BCUT2D eigenvalue weighted by Gasteiger charge is 2.22. The Kier molecular flexibility index (Phi) is 4.58. The van der Waals surface area contributed by atoms with E-state index in [4.69, 9.17) is 5.73 Å². The lowest BCUT2D eigenvalue weighted by atomic mass is 9.82. The Balaban J connectivity index is 2.14. The zero-order valence-corrected chi connectivity index (χ0v) is 10.0. The fourth-order valence-electron chi connectivity index (χ4n) is 1.85. The second-order valence-corrected chi connectivity index (χ2v) is 5.48. The maximum Gasteiger partial charge on any atom is 0.220 e. The normalized spacial score (nSPS) is 17.3. The molecule has 0 aliphatic heterocycles. The number of hydrogen-bond donors (Lipinski definition) is 2. The molecule has 0 saturated heterocycles. The van der Waals surface area contributed by atoms with Gasteiger partial charge >= 0.3 is 0 Å². The van der Waals surface area contributed by atoms with Crippen LogP contribution in [0.3, 0.4) is 0 Å². The number of carbonyl (C=O) groups excluding carboxylic acids is 1. The molecule has 3 nitrogen and oxygen atoms in total. The predicted octanol–water partition coefficient (Wildman–Crippen LogP) is 1.67. The summed E-state index contributed by atoms with van der Waals surface area (Å²) in [4.78, 5) is 11.6. The van der Waals surface area contributed by atoms with E-state index in [0.717, 1.165) is 19.4 Å². The van der Waals surface area contributed by atoms with Crippen LogP contribution in [0, 0.1) is 11.3 Å². The molecule has 0 aromatic carbocycles. The summed E-state index contributed by atoms with van der Waals surface area (Å²) in [5.41, 5.74) is 5.65. The molecule has 1 fully saturated rings. The SMILES string of the molecule is CC(C)(CCN)CNC(=O)CC1CCC1. The first-order valence-electron chi connectivity index (χ1n) is 6.00. The lowest BCUT2D eigenvalue weighted by Crippen LogP contribution is -2.36. The zero-order valence-electron chi connectivity index (χ0n) is 10.0. The largest absolute Gasteiger partial charge is 0.356 e. The van der Waals surface area contributed by atoms with Gasteiger partial charge < -0.3 is 11.1 Å². The van der Waals surface area contributed by atoms with Crippen LogP contribution in [0.25, 0.3) is 0 Å². The molecular weight excluding hydrogens is 188 g/mol. The first-order chi connectivity index (χ1) is 7.03. The first-order valence-corrected chi connectivity index (χ1v) is 6.00. The Morgan fingerprint density at radius 2 is 2.13 bits per heavy atom. The molecule has 1 aliphatic rings. The molecule has 0 unspecified atom stereocenters. The summed E-state index contributed by atoms with van der Waals surface area (Å²) >= 11 is 0. The zero-order chi connectivity index (χ0) is 11.3. The average Bonchev–Trinajstić information content (AvgIpc) is 2.08. The van der Waals surface area contributed by atoms with E-state index >= 15 is 0 Å². The Labute approximate surface area is 92.8 Å². The fourth-order valence-corrected chi connectivity index (χ4v) is 1.85. The number of nitrogens with one attached hydrogen (secondary N) is 1. The number of nitrogens with two attached hydrogens (primary N) is 1. The fraction of sp³-hybridized carbons (Fsp3) is 0.917. The molecule has 3 heteroatoms. The molecule has 1 rings (SSSR count). The van der Waals surface area contributed by atoms with E-state index in [1.165, 1.54) is 19.3 Å². The minimum absolute atomic E-state index is 0.129. The van der Waals surface area contributed by atoms with Crippen molar-refractivity contribution in [3.05, 3.63) is 0 Å². The van der Waals surface area contributed by atoms with Gasteiger partial charge in [-0.25, -0.2) is 0 Å². The van der Waals surface area contributed by atoms with Gasteiger partial charge in [0.15, 0.2) is 0 Å². The second kappa shape index (κ2) is 5.50. The van der Waals surface area contributed by atoms with Gasteiger partial charge in [-0.2, -0.15) is 0 Å². The van der Waals surface area contributed by atoms with Crippen molar-refractivity contribution >= 4 is 5.91 Å². The van der Waals surface area contributed by atoms with Crippen LogP contribution in [0.4, 0.5) is 0 Å². The van der Waals surface area contributed by atoms with Crippen LogP contribution in [0.2, 0.25) is 0 Å². The highest BCUT2D eigenvalue weighted by atomic mass is 16.1. The van der Waals surface area contributed by atoms with Gasteiger partial charge in [0.25, 0.3) is 0 Å². The van der Waals surface area contributed by atoms with Crippen LogP contribution in [-0.2, 0) is 4.79 Å². The molecule has 0 bridgehead atoms. The van der Waals surface area contributed by atoms with Crippen molar-refractivity contribution in [3.8, 4) is 0 Å². The highest BCUT2D eigenvalue weighted by Crippen LogP contribution is 2.29. The van der Waals surface area contributed by atoms with Crippen molar-refractivity contribution in [2.75, 3.05) is 13.1 Å². The molecule has 3 N–H and O–H groups in total. The molecule has 88 valence electrons. The molecule has 1 amide bonds. The van der Waals surface area contributed by atoms with E-state index in [1.807, 2.05) is 0 Å². The minimum atomic E-state index is 0.129. The summed E-state index contributed by atoms with van der Waals surface area (Å²) in [6.07, 6.45) is 5.45. The van der Waals surface area contributed by atoms with Crippen molar-refractivity contribution in [2.45, 2.75) is 46.0 Å². The Hall–Kier alpha value is -0.570. The summed E-state index contributed by atoms with van der Waals surface area (Å²) in [7, 11) is 0. The van der Waals surface area contributed by atoms with Crippen molar-refractivity contribution < 1.29 is 4.79 Å². The van der Waals surface area contributed by atoms with E-state index in [1.54, 1.807) is 0 Å². The second-order valence-electron chi connectivity index (χ2n) is 5.48. The van der Waals surface area contributed by atoms with E-state index in [0.29, 0.717) is 12.5 Å². The van der Waals surface area contributed by atoms with Crippen LogP contribution in [-0.4, -0.2) is 19.0 Å². The third-order valence-electron chi connectivity index (χ3n) is 3.28. The molecular formula is C12H24N2O. The van der Waals surface area contributed by atoms with Gasteiger partial charge in [-0.15, -0.1) is 0 Å². The number of hydrogen-bond acceptors (Lipinski definition) is 2. The third kappa shape index (κ3) is 4.65. The molecule has 0 aromatic rings. The number of amides is 1. The monoisotopic (exact) mass is 212 g/mol. The summed E-state index contributed by atoms with van der Waals surface area (Å²) in [6.45, 7) is 5.72. The molecule has 0 spiro atoms. The standard InChI is InChI=1S/C12H24N2O/c1-12(2,6-7-13)9-14-11(15)8-10-4-3-5-10/h10H,3-9,13H2,1-2H3,(H,14,15). The predicted molar refractivity (Wildman–Crippen MR) is 62.4 cm³/mol. The minimum Gasteiger partial charge on any atom is -0.356 e. The third-order valence-corrected chi connectivity index (χ3v) is 3.28. The molecule has 1 aliphatic carbocycles. The van der Waals surface area contributed by atoms with Gasteiger partial charge in [0.05, 0.1) is 0 Å². The molecule has 0 aromatic heterocycles. The molecule has 15 heavy (non-hydrogen) atoms. The van der Waals surface area contributed by atoms with E-state index < -0.39 is 0 Å².